The lowest BCUT2D eigenvalue weighted by Gasteiger charge is -2.30. The van der Waals surface area contributed by atoms with Gasteiger partial charge in [0.15, 0.2) is 0 Å². The topological polar surface area (TPSA) is 49.3 Å². The van der Waals surface area contributed by atoms with Gasteiger partial charge in [0.2, 0.25) is 0 Å². The first-order chi connectivity index (χ1) is 9.15. The predicted molar refractivity (Wildman–Crippen MR) is 76.1 cm³/mol. The molecule has 1 aliphatic carbocycles. The van der Waals surface area contributed by atoms with Gasteiger partial charge >= 0.3 is 5.97 Å². The molecule has 0 aliphatic heterocycles. The van der Waals surface area contributed by atoms with Crippen LogP contribution in [0, 0.1) is 5.92 Å². The Kier molecular flexibility index (Phi) is 4.97. The van der Waals surface area contributed by atoms with Gasteiger partial charge in [-0.25, -0.2) is 0 Å². The predicted octanol–water partition coefficient (Wildman–Crippen LogP) is 2.85. The zero-order valence-corrected chi connectivity index (χ0v) is 11.5. The molecule has 0 aromatic heterocycles. The van der Waals surface area contributed by atoms with Crippen LogP contribution in [0.25, 0.3) is 0 Å². The van der Waals surface area contributed by atoms with Gasteiger partial charge in [0.05, 0.1) is 5.92 Å². The molecule has 2 N–H and O–H groups in total. The van der Waals surface area contributed by atoms with Gasteiger partial charge in [0, 0.05) is 12.1 Å². The highest BCUT2D eigenvalue weighted by molar-refractivity contribution is 5.70. The summed E-state index contributed by atoms with van der Waals surface area (Å²) in [5.41, 5.74) is 1.33. The third-order valence-electron chi connectivity index (χ3n) is 3.93. The van der Waals surface area contributed by atoms with E-state index in [9.17, 15) is 4.79 Å². The highest BCUT2D eigenvalue weighted by atomic mass is 16.4. The van der Waals surface area contributed by atoms with Crippen molar-refractivity contribution in [1.82, 2.24) is 5.32 Å². The Hall–Kier alpha value is -1.35. The summed E-state index contributed by atoms with van der Waals surface area (Å²) in [6.45, 7) is 2.18. The van der Waals surface area contributed by atoms with E-state index in [4.69, 9.17) is 5.11 Å². The molecule has 104 valence electrons. The highest BCUT2D eigenvalue weighted by Gasteiger charge is 2.27. The van der Waals surface area contributed by atoms with Crippen molar-refractivity contribution in [2.45, 2.75) is 51.1 Å². The summed E-state index contributed by atoms with van der Waals surface area (Å²) in [6.07, 6.45) is 4.72. The van der Waals surface area contributed by atoms with Gasteiger partial charge in [-0.3, -0.25) is 4.79 Å². The second-order valence-electron chi connectivity index (χ2n) is 5.66. The Labute approximate surface area is 115 Å². The number of nitrogens with one attached hydrogen (secondary N) is 1. The molecule has 19 heavy (non-hydrogen) atoms. The number of carboxylic acid groups (broad SMARTS) is 1. The van der Waals surface area contributed by atoms with Gasteiger partial charge in [-0.05, 0) is 38.2 Å². The molecule has 0 heterocycles. The second-order valence-corrected chi connectivity index (χ2v) is 5.66. The molecule has 2 rings (SSSR count). The Bertz CT molecular complexity index is 404. The molecule has 1 fully saturated rings. The van der Waals surface area contributed by atoms with Crippen LogP contribution in [0.1, 0.15) is 38.2 Å². The number of aliphatic carboxylic acids is 1. The van der Waals surface area contributed by atoms with Crippen molar-refractivity contribution >= 4 is 5.97 Å². The van der Waals surface area contributed by atoms with Crippen molar-refractivity contribution < 1.29 is 9.90 Å². The fraction of sp³-hybridized carbons (Fsp3) is 0.562. The first-order valence-corrected chi connectivity index (χ1v) is 7.18. The number of hydrogen-bond acceptors (Lipinski definition) is 2. The third-order valence-corrected chi connectivity index (χ3v) is 3.93. The van der Waals surface area contributed by atoms with E-state index in [0.29, 0.717) is 12.1 Å². The van der Waals surface area contributed by atoms with E-state index < -0.39 is 5.97 Å². The van der Waals surface area contributed by atoms with Crippen LogP contribution in [0.5, 0.6) is 0 Å². The van der Waals surface area contributed by atoms with Crippen LogP contribution in [0.4, 0.5) is 0 Å². The number of rotatable bonds is 5. The van der Waals surface area contributed by atoms with Gasteiger partial charge in [-0.2, -0.15) is 0 Å². The molecule has 3 heteroatoms. The number of hydrogen-bond donors (Lipinski definition) is 2. The average molecular weight is 261 g/mol. The first-order valence-electron chi connectivity index (χ1n) is 7.18. The molecule has 3 nitrogen and oxygen atoms in total. The van der Waals surface area contributed by atoms with Gasteiger partial charge in [-0.15, -0.1) is 0 Å². The van der Waals surface area contributed by atoms with E-state index in [1.807, 2.05) is 6.07 Å². The van der Waals surface area contributed by atoms with Crippen LogP contribution >= 0.6 is 0 Å². The number of carbonyl (C=O) groups is 1. The van der Waals surface area contributed by atoms with Crippen molar-refractivity contribution in [2.75, 3.05) is 0 Å². The Morgan fingerprint density at radius 3 is 2.79 bits per heavy atom. The van der Waals surface area contributed by atoms with Crippen molar-refractivity contribution in [3.63, 3.8) is 0 Å². The maximum atomic E-state index is 11.0. The van der Waals surface area contributed by atoms with Crippen LogP contribution in [0.15, 0.2) is 30.3 Å². The van der Waals surface area contributed by atoms with Crippen LogP contribution < -0.4 is 5.32 Å². The summed E-state index contributed by atoms with van der Waals surface area (Å²) in [5.74, 6) is -0.794. The minimum absolute atomic E-state index is 0.157. The zero-order valence-electron chi connectivity index (χ0n) is 11.5. The monoisotopic (exact) mass is 261 g/mol. The number of carboxylic acids is 1. The molecule has 1 aromatic rings. The molecular weight excluding hydrogens is 238 g/mol. The summed E-state index contributed by atoms with van der Waals surface area (Å²) in [5, 5.41) is 12.7. The molecule has 1 saturated carbocycles. The van der Waals surface area contributed by atoms with Crippen molar-refractivity contribution in [3.8, 4) is 0 Å². The van der Waals surface area contributed by atoms with E-state index in [1.54, 1.807) is 0 Å². The van der Waals surface area contributed by atoms with Crippen molar-refractivity contribution in [1.29, 1.82) is 0 Å². The molecular formula is C16H23NO2. The SMILES string of the molecule is CC(Cc1ccccc1)NC1CCCC(C(=O)O)C1. The Morgan fingerprint density at radius 2 is 2.11 bits per heavy atom. The van der Waals surface area contributed by atoms with E-state index in [-0.39, 0.29) is 5.92 Å². The maximum absolute atomic E-state index is 11.0. The molecule has 3 unspecified atom stereocenters. The molecule has 3 atom stereocenters. The fourth-order valence-electron chi connectivity index (χ4n) is 2.99. The maximum Gasteiger partial charge on any atom is 0.306 e. The molecule has 0 spiro atoms. The lowest BCUT2D eigenvalue weighted by molar-refractivity contribution is -0.143. The van der Waals surface area contributed by atoms with Gasteiger partial charge in [0.25, 0.3) is 0 Å². The lowest BCUT2D eigenvalue weighted by Crippen LogP contribution is -2.41. The first kappa shape index (κ1) is 14.1. The van der Waals surface area contributed by atoms with E-state index in [1.165, 1.54) is 5.56 Å². The largest absolute Gasteiger partial charge is 0.481 e. The molecule has 0 saturated heterocycles. The molecule has 0 bridgehead atoms. The minimum Gasteiger partial charge on any atom is -0.481 e. The van der Waals surface area contributed by atoms with E-state index in [2.05, 4.69) is 36.5 Å². The van der Waals surface area contributed by atoms with Crippen LogP contribution in [0.3, 0.4) is 0 Å². The van der Waals surface area contributed by atoms with Gasteiger partial charge < -0.3 is 10.4 Å². The Morgan fingerprint density at radius 1 is 1.37 bits per heavy atom. The lowest BCUT2D eigenvalue weighted by atomic mass is 9.85. The standard InChI is InChI=1S/C16H23NO2/c1-12(10-13-6-3-2-4-7-13)17-15-9-5-8-14(11-15)16(18)19/h2-4,6-7,12,14-15,17H,5,8-11H2,1H3,(H,18,19). The Balaban J connectivity index is 1.82. The number of benzene rings is 1. The summed E-state index contributed by atoms with van der Waals surface area (Å²) in [7, 11) is 0. The normalized spacial score (nSPS) is 24.9. The van der Waals surface area contributed by atoms with Gasteiger partial charge in [0.1, 0.15) is 0 Å². The summed E-state index contributed by atoms with van der Waals surface area (Å²) in [4.78, 5) is 11.0. The van der Waals surface area contributed by atoms with Crippen LogP contribution in [0.2, 0.25) is 0 Å². The van der Waals surface area contributed by atoms with E-state index >= 15 is 0 Å². The zero-order chi connectivity index (χ0) is 13.7. The van der Waals surface area contributed by atoms with E-state index in [0.717, 1.165) is 32.1 Å². The highest BCUT2D eigenvalue weighted by Crippen LogP contribution is 2.24. The third kappa shape index (κ3) is 4.35. The van der Waals surface area contributed by atoms with Gasteiger partial charge in [-0.1, -0.05) is 36.8 Å². The second kappa shape index (κ2) is 6.71. The smallest absolute Gasteiger partial charge is 0.306 e. The molecule has 0 amide bonds. The molecule has 0 radical (unpaired) electrons. The van der Waals surface area contributed by atoms with Crippen LogP contribution in [-0.4, -0.2) is 23.2 Å². The average Bonchev–Trinajstić information content (AvgIpc) is 2.40. The van der Waals surface area contributed by atoms with Crippen LogP contribution in [-0.2, 0) is 11.2 Å². The van der Waals surface area contributed by atoms with Crippen molar-refractivity contribution in [2.24, 2.45) is 5.92 Å². The van der Waals surface area contributed by atoms with Crippen molar-refractivity contribution in [3.05, 3.63) is 35.9 Å². The fourth-order valence-corrected chi connectivity index (χ4v) is 2.99. The molecule has 1 aromatic carbocycles. The molecule has 1 aliphatic rings. The quantitative estimate of drug-likeness (QED) is 0.857. The summed E-state index contributed by atoms with van der Waals surface area (Å²) < 4.78 is 0. The summed E-state index contributed by atoms with van der Waals surface area (Å²) in [6, 6.07) is 11.2. The summed E-state index contributed by atoms with van der Waals surface area (Å²) >= 11 is 0. The minimum atomic E-state index is -0.637.